The summed E-state index contributed by atoms with van der Waals surface area (Å²) in [6, 6.07) is 12.1. The normalized spacial score (nSPS) is 12.7. The number of rotatable bonds is 3. The molecule has 0 aliphatic carbocycles. The summed E-state index contributed by atoms with van der Waals surface area (Å²) in [7, 11) is 0. The lowest BCUT2D eigenvalue weighted by Gasteiger charge is -2.09. The van der Waals surface area contributed by atoms with E-state index in [4.69, 9.17) is 0 Å². The predicted molar refractivity (Wildman–Crippen MR) is 76.8 cm³/mol. The Morgan fingerprint density at radius 1 is 1.16 bits per heavy atom. The molecule has 0 spiro atoms. The molecule has 1 aromatic carbocycles. The minimum atomic E-state index is -0.376. The average Bonchev–Trinajstić information content (AvgIpc) is 2.95. The molecular formula is C16H16N2O. The molecule has 0 saturated heterocycles. The van der Waals surface area contributed by atoms with E-state index in [0.29, 0.717) is 0 Å². The van der Waals surface area contributed by atoms with Crippen LogP contribution in [-0.2, 0) is 0 Å². The lowest BCUT2D eigenvalue weighted by molar-refractivity contribution is 0.173. The molecule has 0 bridgehead atoms. The van der Waals surface area contributed by atoms with E-state index >= 15 is 0 Å². The molecule has 3 aromatic rings. The topological polar surface area (TPSA) is 48.9 Å². The first kappa shape index (κ1) is 11.9. The Labute approximate surface area is 111 Å². The molecule has 0 aliphatic rings. The minimum absolute atomic E-state index is 0.376. The van der Waals surface area contributed by atoms with E-state index in [-0.39, 0.29) is 6.10 Å². The van der Waals surface area contributed by atoms with E-state index in [1.807, 2.05) is 43.6 Å². The van der Waals surface area contributed by atoms with Gasteiger partial charge in [-0.05, 0) is 35.2 Å². The zero-order valence-corrected chi connectivity index (χ0v) is 10.8. The van der Waals surface area contributed by atoms with E-state index in [1.165, 1.54) is 0 Å². The van der Waals surface area contributed by atoms with Crippen molar-refractivity contribution in [2.24, 2.45) is 0 Å². The lowest BCUT2D eigenvalue weighted by Crippen LogP contribution is -1.94. The number of pyridine rings is 1. The van der Waals surface area contributed by atoms with Gasteiger partial charge in [0.15, 0.2) is 0 Å². The molecule has 3 rings (SSSR count). The van der Waals surface area contributed by atoms with E-state index in [1.54, 1.807) is 0 Å². The van der Waals surface area contributed by atoms with Crippen molar-refractivity contribution in [3.8, 4) is 11.1 Å². The van der Waals surface area contributed by atoms with Crippen LogP contribution in [0, 0.1) is 0 Å². The SMILES string of the molecule is CCC(O)c1ccc(-c2ccnc3[nH]ccc23)cc1. The second-order valence-electron chi connectivity index (χ2n) is 4.64. The molecule has 0 radical (unpaired) electrons. The fraction of sp³-hybridized carbons (Fsp3) is 0.188. The molecule has 2 heterocycles. The third kappa shape index (κ3) is 2.13. The van der Waals surface area contributed by atoms with Crippen LogP contribution in [-0.4, -0.2) is 15.1 Å². The molecule has 2 aromatic heterocycles. The predicted octanol–water partition coefficient (Wildman–Crippen LogP) is 3.67. The Bertz CT molecular complexity index is 685. The summed E-state index contributed by atoms with van der Waals surface area (Å²) >= 11 is 0. The molecule has 96 valence electrons. The van der Waals surface area contributed by atoms with Gasteiger partial charge in [-0.15, -0.1) is 0 Å². The highest BCUT2D eigenvalue weighted by molar-refractivity contribution is 5.92. The highest BCUT2D eigenvalue weighted by Crippen LogP contribution is 2.28. The van der Waals surface area contributed by atoms with Gasteiger partial charge in [0.2, 0.25) is 0 Å². The van der Waals surface area contributed by atoms with Crippen molar-refractivity contribution in [2.45, 2.75) is 19.4 Å². The summed E-state index contributed by atoms with van der Waals surface area (Å²) in [6.45, 7) is 1.98. The maximum Gasteiger partial charge on any atom is 0.137 e. The highest BCUT2D eigenvalue weighted by Gasteiger charge is 2.07. The first-order valence-corrected chi connectivity index (χ1v) is 6.50. The number of nitrogens with zero attached hydrogens (tertiary/aromatic N) is 1. The van der Waals surface area contributed by atoms with Gasteiger partial charge in [0.25, 0.3) is 0 Å². The number of benzene rings is 1. The number of aliphatic hydroxyl groups excluding tert-OH is 1. The number of H-pyrrole nitrogens is 1. The monoisotopic (exact) mass is 252 g/mol. The maximum absolute atomic E-state index is 9.81. The van der Waals surface area contributed by atoms with Crippen molar-refractivity contribution in [1.29, 1.82) is 0 Å². The van der Waals surface area contributed by atoms with Crippen molar-refractivity contribution in [1.82, 2.24) is 9.97 Å². The van der Waals surface area contributed by atoms with Gasteiger partial charge >= 0.3 is 0 Å². The van der Waals surface area contributed by atoms with Crippen LogP contribution in [0.4, 0.5) is 0 Å². The van der Waals surface area contributed by atoms with Gasteiger partial charge in [-0.25, -0.2) is 4.98 Å². The Balaban J connectivity index is 2.05. The van der Waals surface area contributed by atoms with Gasteiger partial charge < -0.3 is 10.1 Å². The Morgan fingerprint density at radius 2 is 1.95 bits per heavy atom. The fourth-order valence-electron chi connectivity index (χ4n) is 2.33. The quantitative estimate of drug-likeness (QED) is 0.747. The minimum Gasteiger partial charge on any atom is -0.388 e. The van der Waals surface area contributed by atoms with Crippen LogP contribution in [0.1, 0.15) is 25.0 Å². The molecule has 1 unspecified atom stereocenters. The molecule has 0 aliphatic heterocycles. The second-order valence-corrected chi connectivity index (χ2v) is 4.64. The summed E-state index contributed by atoms with van der Waals surface area (Å²) in [5, 5.41) is 10.9. The third-order valence-electron chi connectivity index (χ3n) is 3.45. The Morgan fingerprint density at radius 3 is 2.68 bits per heavy atom. The second kappa shape index (κ2) is 4.86. The van der Waals surface area contributed by atoms with E-state index in [2.05, 4.69) is 22.1 Å². The number of aromatic nitrogens is 2. The summed E-state index contributed by atoms with van der Waals surface area (Å²) in [5.74, 6) is 0. The molecule has 0 amide bonds. The van der Waals surface area contributed by atoms with Crippen molar-refractivity contribution in [3.05, 3.63) is 54.4 Å². The highest BCUT2D eigenvalue weighted by atomic mass is 16.3. The zero-order chi connectivity index (χ0) is 13.2. The average molecular weight is 252 g/mol. The molecular weight excluding hydrogens is 236 g/mol. The largest absolute Gasteiger partial charge is 0.388 e. The molecule has 2 N–H and O–H groups in total. The molecule has 0 fully saturated rings. The van der Waals surface area contributed by atoms with Crippen molar-refractivity contribution < 1.29 is 5.11 Å². The van der Waals surface area contributed by atoms with Crippen molar-refractivity contribution in [2.75, 3.05) is 0 Å². The van der Waals surface area contributed by atoms with Crippen molar-refractivity contribution >= 4 is 11.0 Å². The molecule has 3 nitrogen and oxygen atoms in total. The van der Waals surface area contributed by atoms with Crippen LogP contribution in [0.3, 0.4) is 0 Å². The lowest BCUT2D eigenvalue weighted by atomic mass is 10.00. The van der Waals surface area contributed by atoms with Crippen molar-refractivity contribution in [3.63, 3.8) is 0 Å². The van der Waals surface area contributed by atoms with Crippen LogP contribution in [0.25, 0.3) is 22.2 Å². The van der Waals surface area contributed by atoms with E-state index in [0.717, 1.165) is 34.1 Å². The van der Waals surface area contributed by atoms with E-state index < -0.39 is 0 Å². The summed E-state index contributed by atoms with van der Waals surface area (Å²) in [4.78, 5) is 7.41. The van der Waals surface area contributed by atoms with Crippen LogP contribution in [0.5, 0.6) is 0 Å². The molecule has 3 heteroatoms. The number of aliphatic hydroxyl groups is 1. The first-order valence-electron chi connectivity index (χ1n) is 6.50. The third-order valence-corrected chi connectivity index (χ3v) is 3.45. The smallest absolute Gasteiger partial charge is 0.137 e. The Hall–Kier alpha value is -2.13. The van der Waals surface area contributed by atoms with Gasteiger partial charge in [-0.1, -0.05) is 31.2 Å². The van der Waals surface area contributed by atoms with Crippen LogP contribution in [0.2, 0.25) is 0 Å². The zero-order valence-electron chi connectivity index (χ0n) is 10.8. The van der Waals surface area contributed by atoms with Gasteiger partial charge in [0.1, 0.15) is 5.65 Å². The Kier molecular flexibility index (Phi) is 3.05. The number of aromatic amines is 1. The standard InChI is InChI=1S/C16H16N2O/c1-2-15(19)12-5-3-11(4-6-12)13-7-9-17-16-14(13)8-10-18-16/h3-10,15,19H,2H2,1H3,(H,17,18). The molecule has 0 saturated carbocycles. The molecule has 1 atom stereocenters. The molecule has 19 heavy (non-hydrogen) atoms. The number of fused-ring (bicyclic) bond motifs is 1. The van der Waals surface area contributed by atoms with E-state index in [9.17, 15) is 5.11 Å². The van der Waals surface area contributed by atoms with Gasteiger partial charge in [-0.2, -0.15) is 0 Å². The van der Waals surface area contributed by atoms with Crippen LogP contribution < -0.4 is 0 Å². The number of nitrogens with one attached hydrogen (secondary N) is 1. The van der Waals surface area contributed by atoms with Gasteiger partial charge in [0.05, 0.1) is 6.10 Å². The number of hydrogen-bond acceptors (Lipinski definition) is 2. The summed E-state index contributed by atoms with van der Waals surface area (Å²) < 4.78 is 0. The van der Waals surface area contributed by atoms with Gasteiger partial charge in [0, 0.05) is 17.8 Å². The van der Waals surface area contributed by atoms with Gasteiger partial charge in [-0.3, -0.25) is 0 Å². The van der Waals surface area contributed by atoms with Crippen LogP contribution >= 0.6 is 0 Å². The summed E-state index contributed by atoms with van der Waals surface area (Å²) in [5.41, 5.74) is 4.16. The fourth-order valence-corrected chi connectivity index (χ4v) is 2.33. The maximum atomic E-state index is 9.81. The summed E-state index contributed by atoms with van der Waals surface area (Å²) in [6.07, 6.45) is 4.06. The number of hydrogen-bond donors (Lipinski definition) is 2. The van der Waals surface area contributed by atoms with Crippen LogP contribution in [0.15, 0.2) is 48.8 Å². The first-order chi connectivity index (χ1) is 9.29.